The third-order valence-electron chi connectivity index (χ3n) is 2.61. The Labute approximate surface area is 117 Å². The van der Waals surface area contributed by atoms with Gasteiger partial charge in [0, 0.05) is 11.6 Å². The summed E-state index contributed by atoms with van der Waals surface area (Å²) >= 11 is 6.03. The number of rotatable bonds is 4. The number of carbonyl (C=O) groups is 2. The molecular weight excluding hydrogens is 268 g/mol. The highest BCUT2D eigenvalue weighted by Crippen LogP contribution is 2.17. The molecule has 2 amide bonds. The van der Waals surface area contributed by atoms with Crippen molar-refractivity contribution in [2.24, 2.45) is 0 Å². The molecule has 0 aliphatic carbocycles. The highest BCUT2D eigenvalue weighted by Gasteiger charge is 2.28. The Balaban J connectivity index is 2.57. The van der Waals surface area contributed by atoms with Crippen LogP contribution in [0.4, 0.5) is 4.79 Å². The van der Waals surface area contributed by atoms with Gasteiger partial charge in [0.1, 0.15) is 5.54 Å². The fourth-order valence-corrected chi connectivity index (χ4v) is 1.65. The second-order valence-electron chi connectivity index (χ2n) is 4.83. The van der Waals surface area contributed by atoms with Gasteiger partial charge in [-0.25, -0.2) is 9.59 Å². The lowest BCUT2D eigenvalue weighted by atomic mass is 10.1. The fraction of sp³-hybridized carbons (Fsp3) is 0.385. The molecule has 5 nitrogen and oxygen atoms in total. The summed E-state index contributed by atoms with van der Waals surface area (Å²) in [6.07, 6.45) is 0. The van der Waals surface area contributed by atoms with Gasteiger partial charge in [-0.1, -0.05) is 23.7 Å². The zero-order valence-corrected chi connectivity index (χ0v) is 11.8. The average molecular weight is 285 g/mol. The molecule has 0 unspecified atom stereocenters. The molecule has 6 heteroatoms. The number of hydrogen-bond acceptors (Lipinski definition) is 2. The molecule has 0 aromatic heterocycles. The van der Waals surface area contributed by atoms with Gasteiger partial charge in [-0.15, -0.1) is 0 Å². The van der Waals surface area contributed by atoms with Gasteiger partial charge < -0.3 is 15.7 Å². The highest BCUT2D eigenvalue weighted by molar-refractivity contribution is 6.31. The number of aliphatic carboxylic acids is 1. The molecule has 0 saturated carbocycles. The van der Waals surface area contributed by atoms with E-state index in [2.05, 4.69) is 10.6 Å². The van der Waals surface area contributed by atoms with Crippen LogP contribution >= 0.6 is 11.6 Å². The minimum Gasteiger partial charge on any atom is -0.480 e. The maximum Gasteiger partial charge on any atom is 0.328 e. The van der Waals surface area contributed by atoms with Crippen LogP contribution in [-0.2, 0) is 11.3 Å². The summed E-state index contributed by atoms with van der Waals surface area (Å²) in [4.78, 5) is 22.4. The Bertz CT molecular complexity index is 501. The maximum atomic E-state index is 11.6. The van der Waals surface area contributed by atoms with Crippen molar-refractivity contribution in [2.45, 2.75) is 32.9 Å². The molecule has 0 aliphatic rings. The van der Waals surface area contributed by atoms with E-state index in [1.165, 1.54) is 13.8 Å². The SMILES string of the molecule is Cc1ccc(CNC(=O)NC(C)(C)C(=O)O)c(Cl)c1. The summed E-state index contributed by atoms with van der Waals surface area (Å²) in [6, 6.07) is 4.96. The molecule has 104 valence electrons. The quantitative estimate of drug-likeness (QED) is 0.794. The Morgan fingerprint density at radius 1 is 1.37 bits per heavy atom. The van der Waals surface area contributed by atoms with Gasteiger partial charge in [0.15, 0.2) is 0 Å². The van der Waals surface area contributed by atoms with Crippen LogP contribution in [0.2, 0.25) is 5.02 Å². The predicted molar refractivity (Wildman–Crippen MR) is 73.3 cm³/mol. The topological polar surface area (TPSA) is 78.4 Å². The van der Waals surface area contributed by atoms with Crippen LogP contribution in [-0.4, -0.2) is 22.6 Å². The predicted octanol–water partition coefficient (Wildman–Crippen LogP) is 2.31. The molecule has 0 heterocycles. The van der Waals surface area contributed by atoms with E-state index < -0.39 is 17.5 Å². The maximum absolute atomic E-state index is 11.6. The first-order chi connectivity index (χ1) is 8.72. The number of benzene rings is 1. The summed E-state index contributed by atoms with van der Waals surface area (Å²) in [5, 5.41) is 14.4. The van der Waals surface area contributed by atoms with E-state index in [0.29, 0.717) is 5.02 Å². The lowest BCUT2D eigenvalue weighted by molar-refractivity contribution is -0.142. The lowest BCUT2D eigenvalue weighted by Crippen LogP contribution is -2.53. The van der Waals surface area contributed by atoms with Crippen molar-refractivity contribution in [1.29, 1.82) is 0 Å². The number of aryl methyl sites for hydroxylation is 1. The smallest absolute Gasteiger partial charge is 0.328 e. The van der Waals surface area contributed by atoms with E-state index in [1.807, 2.05) is 19.1 Å². The zero-order valence-electron chi connectivity index (χ0n) is 11.1. The number of halogens is 1. The number of nitrogens with one attached hydrogen (secondary N) is 2. The van der Waals surface area contributed by atoms with Crippen molar-refractivity contribution in [1.82, 2.24) is 10.6 Å². The summed E-state index contributed by atoms with van der Waals surface area (Å²) in [7, 11) is 0. The highest BCUT2D eigenvalue weighted by atomic mass is 35.5. The average Bonchev–Trinajstić information content (AvgIpc) is 2.27. The number of urea groups is 1. The third kappa shape index (κ3) is 4.44. The summed E-state index contributed by atoms with van der Waals surface area (Å²) in [6.45, 7) is 4.98. The van der Waals surface area contributed by atoms with E-state index in [0.717, 1.165) is 11.1 Å². The molecule has 19 heavy (non-hydrogen) atoms. The van der Waals surface area contributed by atoms with E-state index in [4.69, 9.17) is 16.7 Å². The van der Waals surface area contributed by atoms with Gasteiger partial charge >= 0.3 is 12.0 Å². The van der Waals surface area contributed by atoms with Crippen LogP contribution < -0.4 is 10.6 Å². The second-order valence-corrected chi connectivity index (χ2v) is 5.24. The van der Waals surface area contributed by atoms with Crippen LogP contribution in [0.3, 0.4) is 0 Å². The minimum atomic E-state index is -1.32. The van der Waals surface area contributed by atoms with Crippen LogP contribution in [0, 0.1) is 6.92 Å². The van der Waals surface area contributed by atoms with Crippen molar-refractivity contribution in [3.8, 4) is 0 Å². The Hall–Kier alpha value is -1.75. The first-order valence-corrected chi connectivity index (χ1v) is 6.14. The standard InChI is InChI=1S/C13H17ClN2O3/c1-8-4-5-9(10(14)6-8)7-15-12(19)16-13(2,3)11(17)18/h4-6H,7H2,1-3H3,(H,17,18)(H2,15,16,19). The van der Waals surface area contributed by atoms with Crippen LogP contribution in [0.5, 0.6) is 0 Å². The minimum absolute atomic E-state index is 0.237. The van der Waals surface area contributed by atoms with Gasteiger partial charge in [0.25, 0.3) is 0 Å². The van der Waals surface area contributed by atoms with Crippen molar-refractivity contribution in [3.05, 3.63) is 34.3 Å². The molecule has 1 aromatic rings. The van der Waals surface area contributed by atoms with Crippen LogP contribution in [0.15, 0.2) is 18.2 Å². The number of amides is 2. The molecule has 0 aliphatic heterocycles. The second kappa shape index (κ2) is 5.93. The Morgan fingerprint density at radius 2 is 2.00 bits per heavy atom. The van der Waals surface area contributed by atoms with Gasteiger partial charge in [0.2, 0.25) is 0 Å². The van der Waals surface area contributed by atoms with Gasteiger partial charge in [-0.2, -0.15) is 0 Å². The molecule has 0 atom stereocenters. The summed E-state index contributed by atoms with van der Waals surface area (Å²) < 4.78 is 0. The number of carbonyl (C=O) groups excluding carboxylic acids is 1. The molecular formula is C13H17ClN2O3. The van der Waals surface area contributed by atoms with Gasteiger partial charge in [-0.05, 0) is 38.0 Å². The lowest BCUT2D eigenvalue weighted by Gasteiger charge is -2.21. The molecule has 3 N–H and O–H groups in total. The largest absolute Gasteiger partial charge is 0.480 e. The van der Waals surface area contributed by atoms with Crippen LogP contribution in [0.1, 0.15) is 25.0 Å². The molecule has 0 bridgehead atoms. The first-order valence-electron chi connectivity index (χ1n) is 5.77. The zero-order chi connectivity index (χ0) is 14.6. The molecule has 0 radical (unpaired) electrons. The van der Waals surface area contributed by atoms with Crippen molar-refractivity contribution < 1.29 is 14.7 Å². The Morgan fingerprint density at radius 3 is 2.53 bits per heavy atom. The van der Waals surface area contributed by atoms with Crippen molar-refractivity contribution in [3.63, 3.8) is 0 Å². The molecule has 1 aromatic carbocycles. The fourth-order valence-electron chi connectivity index (χ4n) is 1.35. The van der Waals surface area contributed by atoms with E-state index in [1.54, 1.807) is 6.07 Å². The summed E-state index contributed by atoms with van der Waals surface area (Å²) in [5.41, 5.74) is 0.488. The van der Waals surface area contributed by atoms with E-state index in [9.17, 15) is 9.59 Å². The molecule has 1 rings (SSSR count). The monoisotopic (exact) mass is 284 g/mol. The first kappa shape index (κ1) is 15.3. The third-order valence-corrected chi connectivity index (χ3v) is 2.96. The molecule has 0 spiro atoms. The normalized spacial score (nSPS) is 10.9. The van der Waals surface area contributed by atoms with Gasteiger partial charge in [-0.3, -0.25) is 0 Å². The van der Waals surface area contributed by atoms with Crippen molar-refractivity contribution >= 4 is 23.6 Å². The number of hydrogen-bond donors (Lipinski definition) is 3. The molecule has 0 fully saturated rings. The van der Waals surface area contributed by atoms with Gasteiger partial charge in [0.05, 0.1) is 0 Å². The number of carboxylic acids is 1. The summed E-state index contributed by atoms with van der Waals surface area (Å²) in [5.74, 6) is -1.10. The molecule has 0 saturated heterocycles. The van der Waals surface area contributed by atoms with Crippen molar-refractivity contribution in [2.75, 3.05) is 0 Å². The van der Waals surface area contributed by atoms with E-state index in [-0.39, 0.29) is 6.54 Å². The Kier molecular flexibility index (Phi) is 4.78. The van der Waals surface area contributed by atoms with Crippen LogP contribution in [0.25, 0.3) is 0 Å². The van der Waals surface area contributed by atoms with E-state index >= 15 is 0 Å². The number of carboxylic acid groups (broad SMARTS) is 1.